The minimum Gasteiger partial charge on any atom is -0.391 e. The van der Waals surface area contributed by atoms with Crippen molar-refractivity contribution in [1.29, 1.82) is 0 Å². The predicted octanol–water partition coefficient (Wildman–Crippen LogP) is 1.94. The molecule has 2 unspecified atom stereocenters. The molecule has 0 aliphatic heterocycles. The van der Waals surface area contributed by atoms with Crippen LogP contribution < -0.4 is 0 Å². The largest absolute Gasteiger partial charge is 0.391 e. The van der Waals surface area contributed by atoms with Crippen LogP contribution in [-0.2, 0) is 0 Å². The molecular formula is C4H7BrCl2O. The third kappa shape index (κ3) is 3.96. The standard InChI is InChI=1S/C4H7BrCl2O/c5-4(7)3(8)1-2-6/h3-4,8H,1-2H2. The Kier molecular flexibility index (Phi) is 5.48. The van der Waals surface area contributed by atoms with Gasteiger partial charge in [-0.2, -0.15) is 0 Å². The Bertz CT molecular complexity index is 60.0. The second kappa shape index (κ2) is 4.86. The van der Waals surface area contributed by atoms with Gasteiger partial charge in [0, 0.05) is 5.88 Å². The normalized spacial score (nSPS) is 18.0. The zero-order valence-electron chi connectivity index (χ0n) is 4.15. The van der Waals surface area contributed by atoms with Gasteiger partial charge in [0.15, 0.2) is 0 Å². The molecule has 0 heterocycles. The minimum absolute atomic E-state index is 0.374. The van der Waals surface area contributed by atoms with E-state index in [1.807, 2.05) is 0 Å². The van der Waals surface area contributed by atoms with Gasteiger partial charge in [0.05, 0.1) is 6.10 Å². The van der Waals surface area contributed by atoms with Gasteiger partial charge in [-0.05, 0) is 6.42 Å². The second-order valence-corrected chi connectivity index (χ2v) is 3.74. The van der Waals surface area contributed by atoms with E-state index in [1.165, 1.54) is 0 Å². The summed E-state index contributed by atoms with van der Waals surface area (Å²) >= 11 is 13.7. The summed E-state index contributed by atoms with van der Waals surface area (Å²) in [6, 6.07) is 0. The third-order valence-electron chi connectivity index (χ3n) is 0.696. The highest BCUT2D eigenvalue weighted by Gasteiger charge is 2.10. The first kappa shape index (κ1) is 9.02. The van der Waals surface area contributed by atoms with Crippen LogP contribution in [0.4, 0.5) is 0 Å². The Balaban J connectivity index is 3.17. The fourth-order valence-electron chi connectivity index (χ4n) is 0.238. The molecule has 0 spiro atoms. The summed E-state index contributed by atoms with van der Waals surface area (Å²) in [6.07, 6.45) is -0.00444. The molecule has 0 aromatic carbocycles. The van der Waals surface area contributed by atoms with E-state index < -0.39 is 6.10 Å². The van der Waals surface area contributed by atoms with Crippen LogP contribution in [0.25, 0.3) is 0 Å². The second-order valence-electron chi connectivity index (χ2n) is 1.38. The highest BCUT2D eigenvalue weighted by Crippen LogP contribution is 2.13. The van der Waals surface area contributed by atoms with Crippen LogP contribution in [0.5, 0.6) is 0 Å². The van der Waals surface area contributed by atoms with E-state index in [1.54, 1.807) is 0 Å². The Morgan fingerprint density at radius 2 is 2.12 bits per heavy atom. The number of halogens is 3. The van der Waals surface area contributed by atoms with Crippen molar-refractivity contribution in [3.05, 3.63) is 0 Å². The predicted molar refractivity (Wildman–Crippen MR) is 39.9 cm³/mol. The van der Waals surface area contributed by atoms with Crippen molar-refractivity contribution in [1.82, 2.24) is 0 Å². The van der Waals surface area contributed by atoms with Crippen LogP contribution >= 0.6 is 39.1 Å². The highest BCUT2D eigenvalue weighted by atomic mass is 79.9. The summed E-state index contributed by atoms with van der Waals surface area (Å²) in [5.41, 5.74) is 0. The van der Waals surface area contributed by atoms with E-state index in [2.05, 4.69) is 15.9 Å². The van der Waals surface area contributed by atoms with E-state index in [0.29, 0.717) is 12.3 Å². The van der Waals surface area contributed by atoms with Crippen LogP contribution in [0.3, 0.4) is 0 Å². The van der Waals surface area contributed by atoms with Crippen LogP contribution in [0.1, 0.15) is 6.42 Å². The van der Waals surface area contributed by atoms with Crippen molar-refractivity contribution < 1.29 is 5.11 Å². The van der Waals surface area contributed by atoms with Gasteiger partial charge in [0.25, 0.3) is 0 Å². The van der Waals surface area contributed by atoms with Crippen molar-refractivity contribution in [3.8, 4) is 0 Å². The van der Waals surface area contributed by atoms with Gasteiger partial charge >= 0.3 is 0 Å². The average Bonchev–Trinajstić information content (AvgIpc) is 1.67. The summed E-state index contributed by atoms with van der Waals surface area (Å²) < 4.78 is -0.374. The molecule has 0 saturated heterocycles. The van der Waals surface area contributed by atoms with E-state index in [0.717, 1.165) is 0 Å². The Morgan fingerprint density at radius 1 is 1.62 bits per heavy atom. The van der Waals surface area contributed by atoms with E-state index in [4.69, 9.17) is 28.3 Å². The molecule has 0 fully saturated rings. The molecular weight excluding hydrogens is 215 g/mol. The van der Waals surface area contributed by atoms with E-state index in [9.17, 15) is 0 Å². The van der Waals surface area contributed by atoms with Gasteiger partial charge in [-0.15, -0.1) is 23.2 Å². The fourth-order valence-corrected chi connectivity index (χ4v) is 0.852. The lowest BCUT2D eigenvalue weighted by molar-refractivity contribution is 0.188. The Labute approximate surface area is 67.1 Å². The molecule has 0 saturated carbocycles. The Hall–Kier alpha value is 1.02. The zero-order valence-corrected chi connectivity index (χ0v) is 7.25. The molecule has 0 bridgehead atoms. The van der Waals surface area contributed by atoms with Crippen molar-refractivity contribution in [2.24, 2.45) is 0 Å². The molecule has 0 radical (unpaired) electrons. The molecule has 1 N–H and O–H groups in total. The highest BCUT2D eigenvalue weighted by molar-refractivity contribution is 9.10. The first-order valence-corrected chi connectivity index (χ1v) is 4.09. The van der Waals surface area contributed by atoms with Gasteiger partial charge in [-0.25, -0.2) is 0 Å². The maximum Gasteiger partial charge on any atom is 0.114 e. The number of rotatable bonds is 3. The molecule has 8 heavy (non-hydrogen) atoms. The van der Waals surface area contributed by atoms with Crippen LogP contribution in [0.15, 0.2) is 0 Å². The summed E-state index contributed by atoms with van der Waals surface area (Å²) in [4.78, 5) is 0. The molecule has 0 aliphatic carbocycles. The van der Waals surface area contributed by atoms with Gasteiger partial charge < -0.3 is 5.11 Å². The lowest BCUT2D eigenvalue weighted by atomic mass is 10.3. The quantitative estimate of drug-likeness (QED) is 0.723. The first-order valence-electron chi connectivity index (χ1n) is 2.20. The van der Waals surface area contributed by atoms with Gasteiger partial charge in [0.1, 0.15) is 4.29 Å². The van der Waals surface area contributed by atoms with E-state index >= 15 is 0 Å². The Morgan fingerprint density at radius 3 is 2.25 bits per heavy atom. The molecule has 0 aromatic rings. The average molecular weight is 222 g/mol. The summed E-state index contributed by atoms with van der Waals surface area (Å²) in [5.74, 6) is 0.440. The summed E-state index contributed by atoms with van der Waals surface area (Å²) in [7, 11) is 0. The first-order chi connectivity index (χ1) is 3.68. The maximum absolute atomic E-state index is 8.86. The number of alkyl halides is 3. The fraction of sp³-hybridized carbons (Fsp3) is 1.00. The topological polar surface area (TPSA) is 20.2 Å². The summed E-state index contributed by atoms with van der Waals surface area (Å²) in [6.45, 7) is 0. The van der Waals surface area contributed by atoms with Crippen molar-refractivity contribution in [2.75, 3.05) is 5.88 Å². The number of aliphatic hydroxyl groups is 1. The third-order valence-corrected chi connectivity index (χ3v) is 1.82. The number of hydrogen-bond acceptors (Lipinski definition) is 1. The summed E-state index contributed by atoms with van der Waals surface area (Å²) in [5, 5.41) is 8.86. The molecule has 0 aliphatic rings. The maximum atomic E-state index is 8.86. The molecule has 2 atom stereocenters. The number of aliphatic hydroxyl groups excluding tert-OH is 1. The molecule has 50 valence electrons. The van der Waals surface area contributed by atoms with Gasteiger partial charge in [-0.3, -0.25) is 0 Å². The van der Waals surface area contributed by atoms with Crippen LogP contribution in [0.2, 0.25) is 0 Å². The molecule has 0 amide bonds. The van der Waals surface area contributed by atoms with Crippen LogP contribution in [0, 0.1) is 0 Å². The molecule has 0 rings (SSSR count). The monoisotopic (exact) mass is 220 g/mol. The van der Waals surface area contributed by atoms with E-state index in [-0.39, 0.29) is 4.29 Å². The van der Waals surface area contributed by atoms with Crippen molar-refractivity contribution >= 4 is 39.1 Å². The van der Waals surface area contributed by atoms with Crippen LogP contribution in [-0.4, -0.2) is 21.4 Å². The van der Waals surface area contributed by atoms with Crippen molar-refractivity contribution in [3.63, 3.8) is 0 Å². The van der Waals surface area contributed by atoms with Crippen molar-refractivity contribution in [2.45, 2.75) is 16.8 Å². The zero-order chi connectivity index (χ0) is 6.57. The minimum atomic E-state index is -0.533. The van der Waals surface area contributed by atoms with Gasteiger partial charge in [-0.1, -0.05) is 15.9 Å². The lowest BCUT2D eigenvalue weighted by Crippen LogP contribution is -2.14. The van der Waals surface area contributed by atoms with Gasteiger partial charge in [0.2, 0.25) is 0 Å². The molecule has 0 aromatic heterocycles. The SMILES string of the molecule is OC(CCCl)C(Cl)Br. The molecule has 4 heteroatoms. The number of hydrogen-bond donors (Lipinski definition) is 1. The smallest absolute Gasteiger partial charge is 0.114 e. The molecule has 1 nitrogen and oxygen atoms in total. The lowest BCUT2D eigenvalue weighted by Gasteiger charge is -2.07.